The zero-order valence-corrected chi connectivity index (χ0v) is 10.7. The van der Waals surface area contributed by atoms with Crippen molar-refractivity contribution in [3.63, 3.8) is 0 Å². The third-order valence-electron chi connectivity index (χ3n) is 3.95. The van der Waals surface area contributed by atoms with Gasteiger partial charge in [-0.1, -0.05) is 19.8 Å². The highest BCUT2D eigenvalue weighted by Crippen LogP contribution is 2.24. The maximum absolute atomic E-state index is 12.0. The molecule has 2 unspecified atom stereocenters. The second kappa shape index (κ2) is 5.83. The Morgan fingerprint density at radius 1 is 1.35 bits per heavy atom. The highest BCUT2D eigenvalue weighted by Gasteiger charge is 2.31. The second-order valence-electron chi connectivity index (χ2n) is 5.54. The van der Waals surface area contributed by atoms with Gasteiger partial charge in [0.25, 0.3) is 0 Å². The van der Waals surface area contributed by atoms with E-state index in [0.717, 1.165) is 31.6 Å². The first-order valence-electron chi connectivity index (χ1n) is 6.85. The number of ether oxygens (including phenoxy) is 1. The van der Waals surface area contributed by atoms with Gasteiger partial charge in [-0.15, -0.1) is 0 Å². The van der Waals surface area contributed by atoms with Crippen LogP contribution in [0.1, 0.15) is 45.4 Å². The maximum atomic E-state index is 12.0. The third kappa shape index (κ3) is 3.42. The molecule has 0 radical (unpaired) electrons. The molecule has 0 spiro atoms. The van der Waals surface area contributed by atoms with Crippen LogP contribution in [-0.4, -0.2) is 30.7 Å². The van der Waals surface area contributed by atoms with Crippen molar-refractivity contribution in [2.24, 2.45) is 11.7 Å². The topological polar surface area (TPSA) is 64.4 Å². The number of nitrogens with two attached hydrogens (primary N) is 1. The Morgan fingerprint density at radius 3 is 2.82 bits per heavy atom. The highest BCUT2D eigenvalue weighted by atomic mass is 16.5. The number of carbonyl (C=O) groups excluding carboxylic acids is 1. The van der Waals surface area contributed by atoms with E-state index in [2.05, 4.69) is 12.2 Å². The molecule has 0 bridgehead atoms. The zero-order valence-electron chi connectivity index (χ0n) is 10.7. The van der Waals surface area contributed by atoms with Gasteiger partial charge in [0.15, 0.2) is 0 Å². The summed E-state index contributed by atoms with van der Waals surface area (Å²) in [5.41, 5.74) is 5.54. The number of amides is 1. The fourth-order valence-electron chi connectivity index (χ4n) is 2.93. The van der Waals surface area contributed by atoms with Crippen LogP contribution in [0.5, 0.6) is 0 Å². The summed E-state index contributed by atoms with van der Waals surface area (Å²) in [6.07, 6.45) is 6.29. The molecule has 0 aromatic carbocycles. The van der Waals surface area contributed by atoms with Crippen molar-refractivity contribution < 1.29 is 9.53 Å². The third-order valence-corrected chi connectivity index (χ3v) is 3.95. The average molecular weight is 240 g/mol. The molecule has 1 saturated heterocycles. The first-order valence-corrected chi connectivity index (χ1v) is 6.85. The van der Waals surface area contributed by atoms with Gasteiger partial charge in [-0.3, -0.25) is 4.79 Å². The number of hydrogen-bond acceptors (Lipinski definition) is 3. The van der Waals surface area contributed by atoms with Crippen LogP contribution in [0, 0.1) is 5.92 Å². The van der Waals surface area contributed by atoms with E-state index >= 15 is 0 Å². The molecule has 3 N–H and O–H groups in total. The first-order chi connectivity index (χ1) is 8.19. The molecule has 4 nitrogen and oxygen atoms in total. The van der Waals surface area contributed by atoms with Gasteiger partial charge >= 0.3 is 0 Å². The Balaban J connectivity index is 1.77. The standard InChI is InChI=1S/C13H24N2O2/c1-9-3-2-4-10(7-9)15-13(16)12-6-5-11(8-14)17-12/h9-12H,2-8,14H2,1H3,(H,15,16)/t9?,10?,11-,12+/m1/s1. The van der Waals surface area contributed by atoms with E-state index in [0.29, 0.717) is 12.6 Å². The van der Waals surface area contributed by atoms with E-state index < -0.39 is 0 Å². The van der Waals surface area contributed by atoms with Crippen LogP contribution in [0.25, 0.3) is 0 Å². The summed E-state index contributed by atoms with van der Waals surface area (Å²) >= 11 is 0. The summed E-state index contributed by atoms with van der Waals surface area (Å²) in [6.45, 7) is 2.78. The molecule has 1 amide bonds. The number of nitrogens with one attached hydrogen (secondary N) is 1. The van der Waals surface area contributed by atoms with Crippen LogP contribution in [0.2, 0.25) is 0 Å². The number of hydrogen-bond donors (Lipinski definition) is 2. The fourth-order valence-corrected chi connectivity index (χ4v) is 2.93. The molecule has 0 aromatic rings. The molecular weight excluding hydrogens is 216 g/mol. The monoisotopic (exact) mass is 240 g/mol. The normalized spacial score (nSPS) is 38.0. The van der Waals surface area contributed by atoms with E-state index in [1.54, 1.807) is 0 Å². The number of carbonyl (C=O) groups is 1. The van der Waals surface area contributed by atoms with E-state index in [4.69, 9.17) is 10.5 Å². The van der Waals surface area contributed by atoms with Crippen molar-refractivity contribution in [2.75, 3.05) is 6.54 Å². The molecular formula is C13H24N2O2. The first kappa shape index (κ1) is 12.8. The van der Waals surface area contributed by atoms with Crippen molar-refractivity contribution in [2.45, 2.75) is 63.7 Å². The van der Waals surface area contributed by atoms with Crippen molar-refractivity contribution in [3.8, 4) is 0 Å². The number of rotatable bonds is 3. The Morgan fingerprint density at radius 2 is 2.18 bits per heavy atom. The summed E-state index contributed by atoms with van der Waals surface area (Å²) in [7, 11) is 0. The van der Waals surface area contributed by atoms with E-state index in [-0.39, 0.29) is 18.1 Å². The molecule has 2 rings (SSSR count). The van der Waals surface area contributed by atoms with Crippen LogP contribution in [0.15, 0.2) is 0 Å². The van der Waals surface area contributed by atoms with Crippen LogP contribution >= 0.6 is 0 Å². The van der Waals surface area contributed by atoms with Gasteiger partial charge in [0.05, 0.1) is 6.10 Å². The van der Waals surface area contributed by atoms with Crippen LogP contribution in [0.3, 0.4) is 0 Å². The van der Waals surface area contributed by atoms with Crippen LogP contribution in [0.4, 0.5) is 0 Å². The summed E-state index contributed by atoms with van der Waals surface area (Å²) in [4.78, 5) is 12.0. The predicted octanol–water partition coefficient (Wildman–Crippen LogP) is 1.19. The largest absolute Gasteiger partial charge is 0.364 e. The lowest BCUT2D eigenvalue weighted by Crippen LogP contribution is -2.43. The van der Waals surface area contributed by atoms with Crippen LogP contribution < -0.4 is 11.1 Å². The molecule has 98 valence electrons. The second-order valence-corrected chi connectivity index (χ2v) is 5.54. The summed E-state index contributed by atoms with van der Waals surface area (Å²) in [6, 6.07) is 0.353. The smallest absolute Gasteiger partial charge is 0.249 e. The average Bonchev–Trinajstić information content (AvgIpc) is 2.77. The quantitative estimate of drug-likeness (QED) is 0.779. The molecule has 17 heavy (non-hydrogen) atoms. The molecule has 0 aromatic heterocycles. The van der Waals surface area contributed by atoms with Gasteiger partial charge in [0.1, 0.15) is 6.10 Å². The van der Waals surface area contributed by atoms with Gasteiger partial charge in [-0.25, -0.2) is 0 Å². The van der Waals surface area contributed by atoms with Gasteiger partial charge in [0.2, 0.25) is 5.91 Å². The lowest BCUT2D eigenvalue weighted by molar-refractivity contribution is -0.132. The molecule has 2 aliphatic rings. The lowest BCUT2D eigenvalue weighted by atomic mass is 9.87. The summed E-state index contributed by atoms with van der Waals surface area (Å²) < 4.78 is 5.60. The van der Waals surface area contributed by atoms with Crippen molar-refractivity contribution in [1.29, 1.82) is 0 Å². The molecule has 1 aliphatic heterocycles. The Bertz CT molecular complexity index is 270. The van der Waals surface area contributed by atoms with Crippen molar-refractivity contribution in [3.05, 3.63) is 0 Å². The summed E-state index contributed by atoms with van der Waals surface area (Å²) in [5.74, 6) is 0.801. The van der Waals surface area contributed by atoms with Gasteiger partial charge in [-0.05, 0) is 31.6 Å². The minimum absolute atomic E-state index is 0.0695. The Hall–Kier alpha value is -0.610. The van der Waals surface area contributed by atoms with Gasteiger partial charge in [-0.2, -0.15) is 0 Å². The van der Waals surface area contributed by atoms with E-state index in [9.17, 15) is 4.79 Å². The van der Waals surface area contributed by atoms with Crippen molar-refractivity contribution in [1.82, 2.24) is 5.32 Å². The van der Waals surface area contributed by atoms with Gasteiger partial charge < -0.3 is 15.8 Å². The molecule has 1 heterocycles. The van der Waals surface area contributed by atoms with Crippen molar-refractivity contribution >= 4 is 5.91 Å². The Labute approximate surface area is 103 Å². The van der Waals surface area contributed by atoms with Crippen LogP contribution in [-0.2, 0) is 9.53 Å². The molecule has 4 atom stereocenters. The molecule has 2 fully saturated rings. The maximum Gasteiger partial charge on any atom is 0.249 e. The Kier molecular flexibility index (Phi) is 4.40. The lowest BCUT2D eigenvalue weighted by Gasteiger charge is -2.28. The SMILES string of the molecule is CC1CCCC(NC(=O)[C@@H]2CC[C@H](CN)O2)C1. The minimum atomic E-state index is -0.263. The van der Waals surface area contributed by atoms with E-state index in [1.165, 1.54) is 12.8 Å². The zero-order chi connectivity index (χ0) is 12.3. The fraction of sp³-hybridized carbons (Fsp3) is 0.923. The predicted molar refractivity (Wildman–Crippen MR) is 66.5 cm³/mol. The molecule has 1 aliphatic carbocycles. The minimum Gasteiger partial charge on any atom is -0.364 e. The van der Waals surface area contributed by atoms with E-state index in [1.807, 2.05) is 0 Å². The van der Waals surface area contributed by atoms with Gasteiger partial charge in [0, 0.05) is 12.6 Å². The highest BCUT2D eigenvalue weighted by molar-refractivity contribution is 5.81. The molecule has 4 heteroatoms. The molecule has 1 saturated carbocycles. The summed E-state index contributed by atoms with van der Waals surface area (Å²) in [5, 5.41) is 3.13.